The second-order valence-corrected chi connectivity index (χ2v) is 13.4. The highest BCUT2D eigenvalue weighted by Crippen LogP contribution is 2.51. The molecule has 0 radical (unpaired) electrons. The van der Waals surface area contributed by atoms with E-state index in [1.165, 1.54) is 82.7 Å². The molecular formula is C45H32N2. The third-order valence-electron chi connectivity index (χ3n) is 10.5. The fourth-order valence-electron chi connectivity index (χ4n) is 8.25. The molecule has 0 unspecified atom stereocenters. The lowest BCUT2D eigenvalue weighted by Gasteiger charge is -2.21. The van der Waals surface area contributed by atoms with E-state index in [9.17, 15) is 0 Å². The second-order valence-electron chi connectivity index (χ2n) is 13.4. The molecule has 2 heterocycles. The maximum Gasteiger partial charge on any atom is 0.0561 e. The van der Waals surface area contributed by atoms with E-state index in [0.717, 1.165) is 5.69 Å². The van der Waals surface area contributed by atoms with Gasteiger partial charge in [-0.05, 0) is 81.9 Å². The summed E-state index contributed by atoms with van der Waals surface area (Å²) in [7, 11) is 0. The molecule has 0 atom stereocenters. The number of hydrogen-bond acceptors (Lipinski definition) is 0. The first-order chi connectivity index (χ1) is 23.1. The van der Waals surface area contributed by atoms with E-state index in [4.69, 9.17) is 0 Å². The Bertz CT molecular complexity index is 2690. The van der Waals surface area contributed by atoms with Crippen LogP contribution in [-0.2, 0) is 5.41 Å². The fourth-order valence-corrected chi connectivity index (χ4v) is 8.25. The van der Waals surface area contributed by atoms with Gasteiger partial charge < -0.3 is 9.13 Å². The summed E-state index contributed by atoms with van der Waals surface area (Å²) in [6, 6.07) is 58.1. The van der Waals surface area contributed by atoms with Crippen LogP contribution in [0.4, 0.5) is 0 Å². The van der Waals surface area contributed by atoms with Crippen LogP contribution in [0.5, 0.6) is 0 Å². The molecule has 1 aliphatic rings. The maximum atomic E-state index is 2.50. The largest absolute Gasteiger partial charge is 0.309 e. The highest BCUT2D eigenvalue weighted by atomic mass is 15.0. The topological polar surface area (TPSA) is 9.86 Å². The van der Waals surface area contributed by atoms with Crippen molar-refractivity contribution in [1.82, 2.24) is 9.13 Å². The van der Waals surface area contributed by atoms with E-state index in [1.807, 2.05) is 0 Å². The normalized spacial score (nSPS) is 13.5. The van der Waals surface area contributed by atoms with Crippen LogP contribution in [0.1, 0.15) is 25.0 Å². The van der Waals surface area contributed by atoms with Gasteiger partial charge in [0.25, 0.3) is 0 Å². The van der Waals surface area contributed by atoms with Gasteiger partial charge in [0.15, 0.2) is 0 Å². The Hall–Kier alpha value is -5.86. The Balaban J connectivity index is 1.32. The predicted octanol–water partition coefficient (Wildman–Crippen LogP) is 11.9. The first-order valence-electron chi connectivity index (χ1n) is 16.4. The standard InChI is InChI=1S/C45H32N2/c1-45(2)39-19-11-9-17-33(39)37-27-38-36-23-21-30(29-13-5-3-6-14-29)25-42(36)47(44(38)28-40(37)45)32-22-24-35-34-18-10-12-20-41(34)46(43(35)26-32)31-15-7-4-8-16-31/h3-28H,1-2H3. The molecule has 222 valence electrons. The number of rotatable bonds is 3. The van der Waals surface area contributed by atoms with Gasteiger partial charge in [-0.3, -0.25) is 0 Å². The molecule has 0 fully saturated rings. The molecule has 2 heteroatoms. The summed E-state index contributed by atoms with van der Waals surface area (Å²) in [6.07, 6.45) is 0. The third-order valence-corrected chi connectivity index (χ3v) is 10.5. The smallest absolute Gasteiger partial charge is 0.0561 e. The summed E-state index contributed by atoms with van der Waals surface area (Å²) in [5.41, 5.74) is 15.1. The lowest BCUT2D eigenvalue weighted by atomic mass is 9.82. The Morgan fingerprint density at radius 2 is 0.979 bits per heavy atom. The molecule has 47 heavy (non-hydrogen) atoms. The minimum atomic E-state index is -0.0830. The van der Waals surface area contributed by atoms with E-state index in [0.29, 0.717) is 0 Å². The van der Waals surface area contributed by atoms with E-state index >= 15 is 0 Å². The molecule has 0 aliphatic heterocycles. The number of aromatic nitrogens is 2. The first-order valence-corrected chi connectivity index (χ1v) is 16.4. The van der Waals surface area contributed by atoms with Crippen LogP contribution >= 0.6 is 0 Å². The molecule has 7 aromatic carbocycles. The Morgan fingerprint density at radius 1 is 0.362 bits per heavy atom. The van der Waals surface area contributed by atoms with E-state index < -0.39 is 0 Å². The van der Waals surface area contributed by atoms with Gasteiger partial charge >= 0.3 is 0 Å². The van der Waals surface area contributed by atoms with E-state index in [1.54, 1.807) is 0 Å². The van der Waals surface area contributed by atoms with Gasteiger partial charge in [0, 0.05) is 38.3 Å². The van der Waals surface area contributed by atoms with E-state index in [-0.39, 0.29) is 5.41 Å². The summed E-state index contributed by atoms with van der Waals surface area (Å²) < 4.78 is 4.91. The minimum Gasteiger partial charge on any atom is -0.309 e. The minimum absolute atomic E-state index is 0.0830. The lowest BCUT2D eigenvalue weighted by molar-refractivity contribution is 0.661. The zero-order valence-electron chi connectivity index (χ0n) is 26.4. The number of benzene rings is 7. The number of fused-ring (bicyclic) bond motifs is 9. The van der Waals surface area contributed by atoms with Gasteiger partial charge in [0.1, 0.15) is 0 Å². The number of hydrogen-bond donors (Lipinski definition) is 0. The molecule has 2 aromatic heterocycles. The van der Waals surface area contributed by atoms with Crippen LogP contribution in [0.25, 0.3) is 77.2 Å². The van der Waals surface area contributed by atoms with Gasteiger partial charge in [-0.15, -0.1) is 0 Å². The summed E-state index contributed by atoms with van der Waals surface area (Å²) in [6.45, 7) is 4.74. The van der Waals surface area contributed by atoms with Crippen molar-refractivity contribution in [2.24, 2.45) is 0 Å². The summed E-state index contributed by atoms with van der Waals surface area (Å²) in [4.78, 5) is 0. The van der Waals surface area contributed by atoms with E-state index in [2.05, 4.69) is 181 Å². The Labute approximate surface area is 273 Å². The summed E-state index contributed by atoms with van der Waals surface area (Å²) in [5, 5.41) is 5.09. The molecule has 10 rings (SSSR count). The average Bonchev–Trinajstić information content (AvgIpc) is 3.70. The van der Waals surface area contributed by atoms with Crippen LogP contribution in [-0.4, -0.2) is 9.13 Å². The SMILES string of the molecule is CC1(C)c2ccccc2-c2cc3c4ccc(-c5ccccc5)cc4n(-c4ccc5c6ccccc6n(-c6ccccc6)c5c4)c3cc21. The second kappa shape index (κ2) is 9.57. The molecule has 1 aliphatic carbocycles. The van der Waals surface area contributed by atoms with Crippen LogP contribution in [0.2, 0.25) is 0 Å². The monoisotopic (exact) mass is 600 g/mol. The van der Waals surface area contributed by atoms with Crippen molar-refractivity contribution in [3.05, 3.63) is 169 Å². The number of para-hydroxylation sites is 2. The van der Waals surface area contributed by atoms with Gasteiger partial charge in [-0.25, -0.2) is 0 Å². The van der Waals surface area contributed by atoms with Crippen molar-refractivity contribution in [3.8, 4) is 33.6 Å². The van der Waals surface area contributed by atoms with Crippen LogP contribution < -0.4 is 0 Å². The van der Waals surface area contributed by atoms with Crippen molar-refractivity contribution in [2.45, 2.75) is 19.3 Å². The first kappa shape index (κ1) is 26.4. The molecule has 0 saturated heterocycles. The molecule has 2 nitrogen and oxygen atoms in total. The van der Waals surface area contributed by atoms with Crippen LogP contribution in [0.3, 0.4) is 0 Å². The molecule has 0 amide bonds. The number of nitrogens with zero attached hydrogens (tertiary/aromatic N) is 2. The quantitative estimate of drug-likeness (QED) is 0.191. The van der Waals surface area contributed by atoms with Crippen LogP contribution in [0.15, 0.2) is 158 Å². The van der Waals surface area contributed by atoms with Gasteiger partial charge in [0.2, 0.25) is 0 Å². The van der Waals surface area contributed by atoms with Gasteiger partial charge in [-0.2, -0.15) is 0 Å². The lowest BCUT2D eigenvalue weighted by Crippen LogP contribution is -2.14. The molecule has 0 N–H and O–H groups in total. The highest BCUT2D eigenvalue weighted by Gasteiger charge is 2.36. The van der Waals surface area contributed by atoms with Crippen molar-refractivity contribution < 1.29 is 0 Å². The predicted molar refractivity (Wildman–Crippen MR) is 198 cm³/mol. The highest BCUT2D eigenvalue weighted by molar-refractivity contribution is 6.14. The molecule has 0 saturated carbocycles. The third kappa shape index (κ3) is 3.67. The fraction of sp³-hybridized carbons (Fsp3) is 0.0667. The Morgan fingerprint density at radius 3 is 1.83 bits per heavy atom. The average molecular weight is 601 g/mol. The van der Waals surface area contributed by atoms with Gasteiger partial charge in [-0.1, -0.05) is 123 Å². The van der Waals surface area contributed by atoms with Crippen molar-refractivity contribution in [3.63, 3.8) is 0 Å². The van der Waals surface area contributed by atoms with Crippen molar-refractivity contribution in [2.75, 3.05) is 0 Å². The summed E-state index contributed by atoms with van der Waals surface area (Å²) >= 11 is 0. The Kier molecular flexibility index (Phi) is 5.37. The molecule has 0 spiro atoms. The molecular weight excluding hydrogens is 569 g/mol. The molecule has 0 bridgehead atoms. The van der Waals surface area contributed by atoms with Gasteiger partial charge in [0.05, 0.1) is 22.1 Å². The molecule has 9 aromatic rings. The zero-order chi connectivity index (χ0) is 31.3. The summed E-state index contributed by atoms with van der Waals surface area (Å²) in [5.74, 6) is 0. The van der Waals surface area contributed by atoms with Crippen molar-refractivity contribution in [1.29, 1.82) is 0 Å². The van der Waals surface area contributed by atoms with Crippen molar-refractivity contribution >= 4 is 43.6 Å². The zero-order valence-corrected chi connectivity index (χ0v) is 26.4. The maximum absolute atomic E-state index is 2.50. The van der Waals surface area contributed by atoms with Crippen LogP contribution in [0, 0.1) is 0 Å².